The van der Waals surface area contributed by atoms with E-state index in [4.69, 9.17) is 27.9 Å². The third-order valence-electron chi connectivity index (χ3n) is 4.53. The Balaban J connectivity index is 1.85. The summed E-state index contributed by atoms with van der Waals surface area (Å²) in [7, 11) is -4.05. The predicted molar refractivity (Wildman–Crippen MR) is 127 cm³/mol. The van der Waals surface area contributed by atoms with Gasteiger partial charge in [-0.3, -0.25) is 9.10 Å². The van der Waals surface area contributed by atoms with Crippen molar-refractivity contribution < 1.29 is 17.9 Å². The van der Waals surface area contributed by atoms with Crippen molar-refractivity contribution in [3.05, 3.63) is 88.4 Å². The Morgan fingerprint density at radius 3 is 2.38 bits per heavy atom. The number of nitrogens with one attached hydrogen (secondary N) is 1. The molecule has 0 aromatic heterocycles. The van der Waals surface area contributed by atoms with Gasteiger partial charge in [0.05, 0.1) is 17.2 Å². The van der Waals surface area contributed by atoms with Gasteiger partial charge in [-0.2, -0.15) is 0 Å². The molecule has 0 heterocycles. The van der Waals surface area contributed by atoms with Crippen LogP contribution in [0.3, 0.4) is 0 Å². The largest absolute Gasteiger partial charge is 0.494 e. The summed E-state index contributed by atoms with van der Waals surface area (Å²) in [6.07, 6.45) is 0. The monoisotopic (exact) mass is 492 g/mol. The standard InChI is InChI=1S/C23H22Cl2N2O4S/c1-2-31-22-9-4-3-6-17(22)15-26-23(28)16-27(20-8-5-7-19(25)14-20)32(29,30)21-12-10-18(24)11-13-21/h3-14H,2,15-16H2,1H3,(H,26,28). The van der Waals surface area contributed by atoms with Crippen molar-refractivity contribution in [2.45, 2.75) is 18.4 Å². The van der Waals surface area contributed by atoms with E-state index in [1.54, 1.807) is 18.2 Å². The molecule has 0 saturated carbocycles. The van der Waals surface area contributed by atoms with E-state index < -0.39 is 22.5 Å². The van der Waals surface area contributed by atoms with Crippen molar-refractivity contribution in [1.82, 2.24) is 5.32 Å². The van der Waals surface area contributed by atoms with E-state index in [1.807, 2.05) is 31.2 Å². The maximum atomic E-state index is 13.3. The highest BCUT2D eigenvalue weighted by atomic mass is 35.5. The summed E-state index contributed by atoms with van der Waals surface area (Å²) >= 11 is 12.0. The molecule has 0 radical (unpaired) electrons. The first kappa shape index (κ1) is 23.9. The molecule has 0 fully saturated rings. The number of amides is 1. The highest BCUT2D eigenvalue weighted by Crippen LogP contribution is 2.27. The molecule has 0 saturated heterocycles. The molecule has 0 bridgehead atoms. The Labute approximate surface area is 197 Å². The van der Waals surface area contributed by atoms with Crippen LogP contribution in [0.25, 0.3) is 0 Å². The number of sulfonamides is 1. The van der Waals surface area contributed by atoms with Crippen molar-refractivity contribution >= 4 is 44.8 Å². The molecule has 168 valence electrons. The number of para-hydroxylation sites is 1. The molecule has 32 heavy (non-hydrogen) atoms. The van der Waals surface area contributed by atoms with Crippen molar-refractivity contribution in [2.75, 3.05) is 17.5 Å². The first-order chi connectivity index (χ1) is 15.3. The molecule has 0 aliphatic rings. The zero-order valence-electron chi connectivity index (χ0n) is 17.3. The second kappa shape index (κ2) is 10.7. The summed E-state index contributed by atoms with van der Waals surface area (Å²) < 4.78 is 33.3. The lowest BCUT2D eigenvalue weighted by molar-refractivity contribution is -0.119. The third-order valence-corrected chi connectivity index (χ3v) is 6.81. The van der Waals surface area contributed by atoms with Crippen molar-refractivity contribution in [3.8, 4) is 5.75 Å². The summed E-state index contributed by atoms with van der Waals surface area (Å²) in [4.78, 5) is 12.8. The first-order valence-corrected chi connectivity index (χ1v) is 12.0. The SMILES string of the molecule is CCOc1ccccc1CNC(=O)CN(c1cccc(Cl)c1)S(=O)(=O)c1ccc(Cl)cc1. The average Bonchev–Trinajstić information content (AvgIpc) is 2.77. The number of halogens is 2. The van der Waals surface area contributed by atoms with Crippen LogP contribution in [0.1, 0.15) is 12.5 Å². The van der Waals surface area contributed by atoms with Gasteiger partial charge in [-0.15, -0.1) is 0 Å². The fourth-order valence-electron chi connectivity index (χ4n) is 3.01. The van der Waals surface area contributed by atoms with Crippen LogP contribution >= 0.6 is 23.2 Å². The molecule has 0 spiro atoms. The summed E-state index contributed by atoms with van der Waals surface area (Å²) in [6, 6.07) is 19.4. The van der Waals surface area contributed by atoms with Gasteiger partial charge in [0.1, 0.15) is 12.3 Å². The van der Waals surface area contributed by atoms with E-state index in [-0.39, 0.29) is 17.1 Å². The first-order valence-electron chi connectivity index (χ1n) is 9.82. The van der Waals surface area contributed by atoms with E-state index in [2.05, 4.69) is 5.32 Å². The van der Waals surface area contributed by atoms with Crippen LogP contribution in [-0.4, -0.2) is 27.5 Å². The Kier molecular flexibility index (Phi) is 8.01. The number of anilines is 1. The Hall–Kier alpha value is -2.74. The minimum Gasteiger partial charge on any atom is -0.494 e. The Bertz CT molecular complexity index is 1180. The molecule has 0 atom stereocenters. The topological polar surface area (TPSA) is 75.7 Å². The molecule has 6 nitrogen and oxygen atoms in total. The maximum Gasteiger partial charge on any atom is 0.264 e. The molecular formula is C23H22Cl2N2O4S. The van der Waals surface area contributed by atoms with Gasteiger partial charge >= 0.3 is 0 Å². The molecule has 0 unspecified atom stereocenters. The maximum absolute atomic E-state index is 13.3. The number of carbonyl (C=O) groups is 1. The zero-order chi connectivity index (χ0) is 23.1. The van der Waals surface area contributed by atoms with Crippen LogP contribution in [0.5, 0.6) is 5.75 Å². The number of ether oxygens (including phenoxy) is 1. The number of nitrogens with zero attached hydrogens (tertiary/aromatic N) is 1. The lowest BCUT2D eigenvalue weighted by Crippen LogP contribution is -2.40. The summed E-state index contributed by atoms with van der Waals surface area (Å²) in [5.74, 6) is 0.185. The van der Waals surface area contributed by atoms with Gasteiger partial charge in [-0.25, -0.2) is 8.42 Å². The molecular weight excluding hydrogens is 471 g/mol. The smallest absolute Gasteiger partial charge is 0.264 e. The Morgan fingerprint density at radius 2 is 1.69 bits per heavy atom. The second-order valence-electron chi connectivity index (χ2n) is 6.76. The second-order valence-corrected chi connectivity index (χ2v) is 9.50. The van der Waals surface area contributed by atoms with Gasteiger partial charge in [0, 0.05) is 22.2 Å². The molecule has 0 aliphatic carbocycles. The van der Waals surface area contributed by atoms with E-state index >= 15 is 0 Å². The third kappa shape index (κ3) is 5.94. The van der Waals surface area contributed by atoms with Gasteiger partial charge in [-0.05, 0) is 55.5 Å². The van der Waals surface area contributed by atoms with Gasteiger partial charge in [0.25, 0.3) is 10.0 Å². The number of benzene rings is 3. The van der Waals surface area contributed by atoms with Crippen LogP contribution in [0.4, 0.5) is 5.69 Å². The minimum atomic E-state index is -4.05. The quantitative estimate of drug-likeness (QED) is 0.460. The number of hydrogen-bond acceptors (Lipinski definition) is 4. The molecule has 3 rings (SSSR count). The lowest BCUT2D eigenvalue weighted by Gasteiger charge is -2.24. The number of carbonyl (C=O) groups excluding carboxylic acids is 1. The van der Waals surface area contributed by atoms with Crippen LogP contribution in [0.15, 0.2) is 77.7 Å². The van der Waals surface area contributed by atoms with Gasteiger partial charge in [0.15, 0.2) is 0 Å². The van der Waals surface area contributed by atoms with Crippen molar-refractivity contribution in [3.63, 3.8) is 0 Å². The van der Waals surface area contributed by atoms with Gasteiger partial charge in [-0.1, -0.05) is 47.5 Å². The minimum absolute atomic E-state index is 0.0105. The highest BCUT2D eigenvalue weighted by Gasteiger charge is 2.27. The Morgan fingerprint density at radius 1 is 0.969 bits per heavy atom. The van der Waals surface area contributed by atoms with Crippen LogP contribution in [0, 0.1) is 0 Å². The van der Waals surface area contributed by atoms with Crippen LogP contribution < -0.4 is 14.4 Å². The van der Waals surface area contributed by atoms with Crippen molar-refractivity contribution in [2.24, 2.45) is 0 Å². The van der Waals surface area contributed by atoms with Crippen LogP contribution in [0.2, 0.25) is 10.0 Å². The molecule has 3 aromatic rings. The van der Waals surface area contributed by atoms with Crippen LogP contribution in [-0.2, 0) is 21.4 Å². The van der Waals surface area contributed by atoms with Gasteiger partial charge < -0.3 is 10.1 Å². The van der Waals surface area contributed by atoms with E-state index in [1.165, 1.54) is 30.3 Å². The van der Waals surface area contributed by atoms with E-state index in [9.17, 15) is 13.2 Å². The predicted octanol–water partition coefficient (Wildman–Crippen LogP) is 4.90. The average molecular weight is 493 g/mol. The summed E-state index contributed by atoms with van der Waals surface area (Å²) in [5, 5.41) is 3.52. The van der Waals surface area contributed by atoms with E-state index in [0.717, 1.165) is 9.87 Å². The highest BCUT2D eigenvalue weighted by molar-refractivity contribution is 7.92. The van der Waals surface area contributed by atoms with Gasteiger partial charge in [0.2, 0.25) is 5.91 Å². The normalized spacial score (nSPS) is 11.1. The molecule has 3 aromatic carbocycles. The van der Waals surface area contributed by atoms with Crippen molar-refractivity contribution in [1.29, 1.82) is 0 Å². The summed E-state index contributed by atoms with van der Waals surface area (Å²) in [5.41, 5.74) is 1.06. The summed E-state index contributed by atoms with van der Waals surface area (Å²) in [6.45, 7) is 2.13. The fourth-order valence-corrected chi connectivity index (χ4v) is 4.73. The molecule has 9 heteroatoms. The number of rotatable bonds is 9. The molecule has 1 amide bonds. The zero-order valence-corrected chi connectivity index (χ0v) is 19.6. The van der Waals surface area contributed by atoms with E-state index in [0.29, 0.717) is 22.4 Å². The number of hydrogen-bond donors (Lipinski definition) is 1. The molecule has 0 aliphatic heterocycles. The lowest BCUT2D eigenvalue weighted by atomic mass is 10.2. The fraction of sp³-hybridized carbons (Fsp3) is 0.174. The molecule has 1 N–H and O–H groups in total.